The van der Waals surface area contributed by atoms with Crippen molar-refractivity contribution in [3.63, 3.8) is 0 Å². The molecule has 0 aliphatic carbocycles. The van der Waals surface area contributed by atoms with E-state index in [4.69, 9.17) is 0 Å². The minimum absolute atomic E-state index is 0.0194. The van der Waals surface area contributed by atoms with Gasteiger partial charge in [-0.1, -0.05) is 42.8 Å². The lowest BCUT2D eigenvalue weighted by molar-refractivity contribution is 0.241. The molecule has 4 rings (SSSR count). The first-order chi connectivity index (χ1) is 13.6. The summed E-state index contributed by atoms with van der Waals surface area (Å²) in [4.78, 5) is 27.0. The molecule has 0 radical (unpaired) electrons. The number of aryl methyl sites for hydroxylation is 2. The molecule has 2 aromatic heterocycles. The molecule has 1 aromatic carbocycles. The van der Waals surface area contributed by atoms with Gasteiger partial charge in [0.25, 0.3) is 5.56 Å². The van der Waals surface area contributed by atoms with Crippen molar-refractivity contribution < 1.29 is 0 Å². The third-order valence-corrected chi connectivity index (χ3v) is 5.26. The van der Waals surface area contributed by atoms with Gasteiger partial charge in [-0.25, -0.2) is 4.98 Å². The molecule has 0 unspecified atom stereocenters. The Morgan fingerprint density at radius 1 is 1.14 bits per heavy atom. The van der Waals surface area contributed by atoms with E-state index in [1.165, 1.54) is 5.56 Å². The molecule has 28 heavy (non-hydrogen) atoms. The second-order valence-corrected chi connectivity index (χ2v) is 7.57. The van der Waals surface area contributed by atoms with Crippen molar-refractivity contribution in [1.82, 2.24) is 19.9 Å². The molecule has 0 atom stereocenters. The molecule has 1 aliphatic heterocycles. The van der Waals surface area contributed by atoms with Gasteiger partial charge in [-0.15, -0.1) is 0 Å². The zero-order valence-electron chi connectivity index (χ0n) is 16.5. The monoisotopic (exact) mass is 374 g/mol. The Morgan fingerprint density at radius 3 is 2.68 bits per heavy atom. The number of nitrogens with one attached hydrogen (secondary N) is 1. The van der Waals surface area contributed by atoms with E-state index in [0.717, 1.165) is 66.3 Å². The molecule has 3 aromatic rings. The average molecular weight is 374 g/mol. The van der Waals surface area contributed by atoms with Crippen LogP contribution in [0.4, 0.5) is 0 Å². The Morgan fingerprint density at radius 2 is 1.96 bits per heavy atom. The first-order valence-corrected chi connectivity index (χ1v) is 9.97. The third-order valence-electron chi connectivity index (χ3n) is 5.26. The van der Waals surface area contributed by atoms with Gasteiger partial charge in [0, 0.05) is 44.2 Å². The summed E-state index contributed by atoms with van der Waals surface area (Å²) in [6, 6.07) is 12.6. The van der Waals surface area contributed by atoms with Crippen molar-refractivity contribution in [2.45, 2.75) is 46.2 Å². The van der Waals surface area contributed by atoms with E-state index in [2.05, 4.69) is 70.1 Å². The summed E-state index contributed by atoms with van der Waals surface area (Å²) in [6.07, 6.45) is 4.58. The number of fused-ring (bicyclic) bond motifs is 1. The van der Waals surface area contributed by atoms with Gasteiger partial charge in [0.1, 0.15) is 5.82 Å². The molecule has 3 heterocycles. The van der Waals surface area contributed by atoms with Crippen LogP contribution in [0.2, 0.25) is 0 Å². The summed E-state index contributed by atoms with van der Waals surface area (Å²) in [7, 11) is 0. The Kier molecular flexibility index (Phi) is 5.35. The Balaban J connectivity index is 1.46. The zero-order valence-corrected chi connectivity index (χ0v) is 16.5. The highest BCUT2D eigenvalue weighted by molar-refractivity contribution is 5.59. The summed E-state index contributed by atoms with van der Waals surface area (Å²) in [5.41, 5.74) is 6.32. The standard InChI is InChI=1S/C23H26N4O/c1-3-4-22-25-21-11-12-27(15-19(21)23(28)26-22)14-17-7-10-20(24-13-17)18-8-5-16(2)6-9-18/h5-10,13H,3-4,11-12,14-15H2,1-2H3,(H,25,26,28). The topological polar surface area (TPSA) is 61.9 Å². The molecule has 0 fully saturated rings. The number of rotatable bonds is 5. The number of hydrogen-bond donors (Lipinski definition) is 1. The van der Waals surface area contributed by atoms with Crippen LogP contribution in [-0.4, -0.2) is 26.4 Å². The summed E-state index contributed by atoms with van der Waals surface area (Å²) < 4.78 is 0. The molecule has 0 saturated heterocycles. The first kappa shape index (κ1) is 18.6. The number of hydrogen-bond acceptors (Lipinski definition) is 4. The van der Waals surface area contributed by atoms with E-state index >= 15 is 0 Å². The molecular formula is C23H26N4O. The summed E-state index contributed by atoms with van der Waals surface area (Å²) in [5, 5.41) is 0. The van der Waals surface area contributed by atoms with Crippen molar-refractivity contribution in [2.24, 2.45) is 0 Å². The molecule has 0 bridgehead atoms. The Hall–Kier alpha value is -2.79. The highest BCUT2D eigenvalue weighted by atomic mass is 16.1. The van der Waals surface area contributed by atoms with Gasteiger partial charge >= 0.3 is 0 Å². The van der Waals surface area contributed by atoms with E-state index in [9.17, 15) is 4.79 Å². The first-order valence-electron chi connectivity index (χ1n) is 9.97. The predicted octanol–water partition coefficient (Wildman–Crippen LogP) is 3.65. The fraction of sp³-hybridized carbons (Fsp3) is 0.348. The van der Waals surface area contributed by atoms with Crippen LogP contribution in [-0.2, 0) is 25.9 Å². The highest BCUT2D eigenvalue weighted by Crippen LogP contribution is 2.20. The summed E-state index contributed by atoms with van der Waals surface area (Å²) in [6.45, 7) is 6.52. The summed E-state index contributed by atoms with van der Waals surface area (Å²) >= 11 is 0. The van der Waals surface area contributed by atoms with Crippen LogP contribution in [0, 0.1) is 6.92 Å². The van der Waals surface area contributed by atoms with E-state index in [1.54, 1.807) is 0 Å². The van der Waals surface area contributed by atoms with Crippen molar-refractivity contribution in [2.75, 3.05) is 6.54 Å². The minimum atomic E-state index is 0.0194. The number of pyridine rings is 1. The van der Waals surface area contributed by atoms with Gasteiger partial charge in [0.05, 0.1) is 17.0 Å². The zero-order chi connectivity index (χ0) is 19.5. The number of benzene rings is 1. The maximum atomic E-state index is 12.4. The Bertz CT molecular complexity index is 1010. The van der Waals surface area contributed by atoms with Gasteiger partial charge in [-0.05, 0) is 25.0 Å². The maximum absolute atomic E-state index is 12.4. The van der Waals surface area contributed by atoms with E-state index in [-0.39, 0.29) is 5.56 Å². The third kappa shape index (κ3) is 4.04. The van der Waals surface area contributed by atoms with Crippen LogP contribution in [0.25, 0.3) is 11.3 Å². The molecule has 1 N–H and O–H groups in total. The maximum Gasteiger partial charge on any atom is 0.255 e. The molecule has 0 amide bonds. The van der Waals surface area contributed by atoms with E-state index in [0.29, 0.717) is 6.54 Å². The van der Waals surface area contributed by atoms with Crippen LogP contribution < -0.4 is 5.56 Å². The lowest BCUT2D eigenvalue weighted by atomic mass is 10.1. The average Bonchev–Trinajstić information content (AvgIpc) is 2.70. The largest absolute Gasteiger partial charge is 0.310 e. The quantitative estimate of drug-likeness (QED) is 0.740. The van der Waals surface area contributed by atoms with Gasteiger partial charge in [0.15, 0.2) is 0 Å². The van der Waals surface area contributed by atoms with Crippen LogP contribution >= 0.6 is 0 Å². The molecule has 144 valence electrons. The normalized spacial score (nSPS) is 14.1. The number of nitrogens with zero attached hydrogens (tertiary/aromatic N) is 3. The lowest BCUT2D eigenvalue weighted by Crippen LogP contribution is -2.35. The van der Waals surface area contributed by atoms with E-state index < -0.39 is 0 Å². The number of H-pyrrole nitrogens is 1. The fourth-order valence-electron chi connectivity index (χ4n) is 3.69. The SMILES string of the molecule is CCCc1nc2c(c(=O)[nH]1)CN(Cc1ccc(-c3ccc(C)cc3)nc1)CC2. The van der Waals surface area contributed by atoms with Gasteiger partial charge in [-0.2, -0.15) is 0 Å². The minimum Gasteiger partial charge on any atom is -0.310 e. The second kappa shape index (κ2) is 8.07. The second-order valence-electron chi connectivity index (χ2n) is 7.57. The van der Waals surface area contributed by atoms with Crippen LogP contribution in [0.3, 0.4) is 0 Å². The highest BCUT2D eigenvalue weighted by Gasteiger charge is 2.21. The van der Waals surface area contributed by atoms with Gasteiger partial charge in [0.2, 0.25) is 0 Å². The molecule has 5 heteroatoms. The fourth-order valence-corrected chi connectivity index (χ4v) is 3.69. The van der Waals surface area contributed by atoms with Gasteiger partial charge in [-0.3, -0.25) is 14.7 Å². The smallest absolute Gasteiger partial charge is 0.255 e. The number of aromatic amines is 1. The van der Waals surface area contributed by atoms with Crippen molar-refractivity contribution in [3.8, 4) is 11.3 Å². The van der Waals surface area contributed by atoms with Crippen molar-refractivity contribution in [3.05, 3.63) is 81.2 Å². The number of aromatic nitrogens is 3. The van der Waals surface area contributed by atoms with Gasteiger partial charge < -0.3 is 4.98 Å². The molecule has 0 saturated carbocycles. The summed E-state index contributed by atoms with van der Waals surface area (Å²) in [5.74, 6) is 0.815. The molecular weight excluding hydrogens is 348 g/mol. The molecule has 1 aliphatic rings. The van der Waals surface area contributed by atoms with Crippen molar-refractivity contribution >= 4 is 0 Å². The van der Waals surface area contributed by atoms with Crippen LogP contribution in [0.15, 0.2) is 47.4 Å². The molecule has 0 spiro atoms. The Labute approximate surface area is 165 Å². The van der Waals surface area contributed by atoms with Crippen LogP contribution in [0.1, 0.15) is 41.6 Å². The van der Waals surface area contributed by atoms with E-state index in [1.807, 2.05) is 6.20 Å². The molecule has 5 nitrogen and oxygen atoms in total. The predicted molar refractivity (Wildman–Crippen MR) is 111 cm³/mol. The van der Waals surface area contributed by atoms with Crippen LogP contribution in [0.5, 0.6) is 0 Å². The lowest BCUT2D eigenvalue weighted by Gasteiger charge is -2.27. The van der Waals surface area contributed by atoms with Crippen molar-refractivity contribution in [1.29, 1.82) is 0 Å².